The van der Waals surface area contributed by atoms with E-state index in [1.807, 2.05) is 0 Å². The van der Waals surface area contributed by atoms with Gasteiger partial charge in [-0.3, -0.25) is 19.7 Å². The number of halogens is 2. The van der Waals surface area contributed by atoms with Crippen molar-refractivity contribution in [1.82, 2.24) is 5.32 Å². The van der Waals surface area contributed by atoms with Crippen LogP contribution < -0.4 is 15.4 Å². The molecule has 0 saturated heterocycles. The molecule has 2 amide bonds. The Morgan fingerprint density at radius 2 is 1.82 bits per heavy atom. The summed E-state index contributed by atoms with van der Waals surface area (Å²) < 4.78 is 5.91. The summed E-state index contributed by atoms with van der Waals surface area (Å²) in [6.45, 7) is 1.75. The van der Waals surface area contributed by atoms with Crippen molar-refractivity contribution in [1.29, 1.82) is 0 Å². The number of amides is 2. The van der Waals surface area contributed by atoms with E-state index in [0.717, 1.165) is 0 Å². The van der Waals surface area contributed by atoms with Gasteiger partial charge in [0.2, 0.25) is 0 Å². The summed E-state index contributed by atoms with van der Waals surface area (Å²) in [6, 6.07) is 15.5. The second-order valence-corrected chi connectivity index (χ2v) is 8.39. The minimum absolute atomic E-state index is 0.0831. The zero-order valence-electron chi connectivity index (χ0n) is 18.1. The normalized spacial score (nSPS) is 11.0. The van der Waals surface area contributed by atoms with Crippen LogP contribution in [0.25, 0.3) is 6.08 Å². The Labute approximate surface area is 208 Å². The summed E-state index contributed by atoms with van der Waals surface area (Å²) >= 11 is 9.47. The summed E-state index contributed by atoms with van der Waals surface area (Å²) in [4.78, 5) is 36.6. The van der Waals surface area contributed by atoms with Crippen LogP contribution in [0.2, 0.25) is 5.02 Å². The van der Waals surface area contributed by atoms with Crippen LogP contribution in [0.5, 0.6) is 5.75 Å². The number of anilines is 1. The van der Waals surface area contributed by atoms with Gasteiger partial charge in [-0.15, -0.1) is 0 Å². The molecule has 0 atom stereocenters. The summed E-state index contributed by atoms with van der Waals surface area (Å²) in [5, 5.41) is 16.8. The Morgan fingerprint density at radius 3 is 2.47 bits per heavy atom. The molecule has 3 aromatic rings. The molecule has 8 nitrogen and oxygen atoms in total. The van der Waals surface area contributed by atoms with E-state index >= 15 is 0 Å². The van der Waals surface area contributed by atoms with Crippen LogP contribution in [-0.2, 0) is 4.79 Å². The number of nitro benzene ring substituents is 1. The third kappa shape index (κ3) is 6.00. The van der Waals surface area contributed by atoms with Gasteiger partial charge in [0, 0.05) is 27.3 Å². The van der Waals surface area contributed by atoms with Crippen molar-refractivity contribution in [3.05, 3.63) is 103 Å². The van der Waals surface area contributed by atoms with Gasteiger partial charge in [0.1, 0.15) is 11.4 Å². The van der Waals surface area contributed by atoms with Crippen molar-refractivity contribution in [2.24, 2.45) is 0 Å². The van der Waals surface area contributed by atoms with Crippen LogP contribution in [0.4, 0.5) is 11.4 Å². The monoisotopic (exact) mass is 543 g/mol. The Hall–Kier alpha value is -3.69. The van der Waals surface area contributed by atoms with E-state index in [2.05, 4.69) is 26.6 Å². The molecule has 0 bridgehead atoms. The van der Waals surface area contributed by atoms with E-state index in [1.165, 1.54) is 37.5 Å². The van der Waals surface area contributed by atoms with Crippen molar-refractivity contribution in [3.63, 3.8) is 0 Å². The van der Waals surface area contributed by atoms with Crippen LogP contribution in [0.1, 0.15) is 21.5 Å². The van der Waals surface area contributed by atoms with Gasteiger partial charge in [0.15, 0.2) is 0 Å². The number of carbonyl (C=O) groups is 2. The van der Waals surface area contributed by atoms with E-state index in [-0.39, 0.29) is 16.9 Å². The largest absolute Gasteiger partial charge is 0.496 e. The number of carbonyl (C=O) groups excluding carboxylic acids is 2. The topological polar surface area (TPSA) is 111 Å². The predicted octanol–water partition coefficient (Wildman–Crippen LogP) is 5.74. The molecule has 0 aromatic heterocycles. The van der Waals surface area contributed by atoms with Crippen molar-refractivity contribution in [2.75, 3.05) is 12.4 Å². The molecule has 0 radical (unpaired) electrons. The minimum atomic E-state index is -0.606. The maximum atomic E-state index is 13.2. The third-order valence-electron chi connectivity index (χ3n) is 4.83. The minimum Gasteiger partial charge on any atom is -0.496 e. The average Bonchev–Trinajstić information content (AvgIpc) is 2.81. The SMILES string of the molecule is COc1ccc(Br)cc1C(=O)NC(=Cc1ccc([N+](=O)[O-])cc1)C(=O)Nc1cccc(Cl)c1C. The van der Waals surface area contributed by atoms with E-state index in [1.54, 1.807) is 43.3 Å². The van der Waals surface area contributed by atoms with Gasteiger partial charge < -0.3 is 15.4 Å². The third-order valence-corrected chi connectivity index (χ3v) is 5.73. The van der Waals surface area contributed by atoms with Gasteiger partial charge in [-0.2, -0.15) is 0 Å². The number of non-ortho nitro benzene ring substituents is 1. The van der Waals surface area contributed by atoms with Gasteiger partial charge in [-0.05, 0) is 66.6 Å². The van der Waals surface area contributed by atoms with E-state index in [9.17, 15) is 19.7 Å². The summed E-state index contributed by atoms with van der Waals surface area (Å²) in [5.74, 6) is -0.864. The fraction of sp³-hybridized carbons (Fsp3) is 0.0833. The van der Waals surface area contributed by atoms with Crippen LogP contribution in [-0.4, -0.2) is 23.8 Å². The molecule has 10 heteroatoms. The molecule has 3 aromatic carbocycles. The lowest BCUT2D eigenvalue weighted by atomic mass is 10.1. The quantitative estimate of drug-likeness (QED) is 0.224. The highest BCUT2D eigenvalue weighted by atomic mass is 79.9. The molecule has 0 spiro atoms. The van der Waals surface area contributed by atoms with Gasteiger partial charge in [-0.1, -0.05) is 33.6 Å². The molecule has 0 heterocycles. The lowest BCUT2D eigenvalue weighted by Gasteiger charge is -2.14. The van der Waals surface area contributed by atoms with Crippen LogP contribution in [0.15, 0.2) is 70.8 Å². The molecule has 3 rings (SSSR count). The molecular formula is C24H19BrClN3O5. The van der Waals surface area contributed by atoms with Crippen LogP contribution in [0, 0.1) is 17.0 Å². The van der Waals surface area contributed by atoms with Crippen LogP contribution >= 0.6 is 27.5 Å². The first-order chi connectivity index (χ1) is 16.2. The first-order valence-corrected chi connectivity index (χ1v) is 11.0. The molecule has 0 fully saturated rings. The highest BCUT2D eigenvalue weighted by Crippen LogP contribution is 2.25. The zero-order valence-corrected chi connectivity index (χ0v) is 20.4. The van der Waals surface area contributed by atoms with E-state index < -0.39 is 16.7 Å². The summed E-state index contributed by atoms with van der Waals surface area (Å²) in [6.07, 6.45) is 1.42. The number of hydrogen-bond acceptors (Lipinski definition) is 5. The number of methoxy groups -OCH3 is 1. The molecule has 174 valence electrons. The fourth-order valence-corrected chi connectivity index (χ4v) is 3.53. The highest BCUT2D eigenvalue weighted by Gasteiger charge is 2.19. The second kappa shape index (κ2) is 11.0. The zero-order chi connectivity index (χ0) is 24.8. The smallest absolute Gasteiger partial charge is 0.272 e. The van der Waals surface area contributed by atoms with E-state index in [4.69, 9.17) is 16.3 Å². The summed E-state index contributed by atoms with van der Waals surface area (Å²) in [7, 11) is 1.43. The molecule has 0 aliphatic heterocycles. The lowest BCUT2D eigenvalue weighted by molar-refractivity contribution is -0.384. The molecule has 34 heavy (non-hydrogen) atoms. The first kappa shape index (κ1) is 24.9. The molecule has 0 aliphatic rings. The van der Waals surface area contributed by atoms with Gasteiger partial charge >= 0.3 is 0 Å². The highest BCUT2D eigenvalue weighted by molar-refractivity contribution is 9.10. The number of nitro groups is 1. The number of nitrogens with zero attached hydrogens (tertiary/aromatic N) is 1. The molecular weight excluding hydrogens is 526 g/mol. The fourth-order valence-electron chi connectivity index (χ4n) is 3.00. The number of rotatable bonds is 7. The van der Waals surface area contributed by atoms with Crippen molar-refractivity contribution in [2.45, 2.75) is 6.92 Å². The number of nitrogens with one attached hydrogen (secondary N) is 2. The van der Waals surface area contributed by atoms with Crippen LogP contribution in [0.3, 0.4) is 0 Å². The van der Waals surface area contributed by atoms with Crippen molar-refractivity contribution < 1.29 is 19.2 Å². The molecule has 0 saturated carbocycles. The average molecular weight is 545 g/mol. The first-order valence-electron chi connectivity index (χ1n) is 9.87. The predicted molar refractivity (Wildman–Crippen MR) is 134 cm³/mol. The van der Waals surface area contributed by atoms with E-state index in [0.29, 0.717) is 32.1 Å². The maximum Gasteiger partial charge on any atom is 0.272 e. The van der Waals surface area contributed by atoms with Crippen molar-refractivity contribution >= 4 is 56.8 Å². The molecule has 2 N–H and O–H groups in total. The molecule has 0 aliphatic carbocycles. The Balaban J connectivity index is 1.98. The van der Waals surface area contributed by atoms with Crippen molar-refractivity contribution in [3.8, 4) is 5.75 Å². The van der Waals surface area contributed by atoms with Gasteiger partial charge in [-0.25, -0.2) is 0 Å². The maximum absolute atomic E-state index is 13.2. The standard InChI is InChI=1S/C24H19BrClN3O5/c1-14-19(26)4-3-5-20(14)27-24(31)21(12-15-6-9-17(10-7-15)29(32)33)28-23(30)18-13-16(25)8-11-22(18)34-2/h3-13H,1-2H3,(H,27,31)(H,28,30). The number of ether oxygens (including phenoxy) is 1. The number of hydrogen-bond donors (Lipinski definition) is 2. The Kier molecular flexibility index (Phi) is 8.04. The number of benzene rings is 3. The Morgan fingerprint density at radius 1 is 1.12 bits per heavy atom. The Bertz CT molecular complexity index is 1290. The van der Waals surface area contributed by atoms with Gasteiger partial charge in [0.25, 0.3) is 17.5 Å². The van der Waals surface area contributed by atoms with Gasteiger partial charge in [0.05, 0.1) is 17.6 Å². The molecule has 0 unspecified atom stereocenters. The second-order valence-electron chi connectivity index (χ2n) is 7.07. The lowest BCUT2D eigenvalue weighted by Crippen LogP contribution is -2.31. The summed E-state index contributed by atoms with van der Waals surface area (Å²) in [5.41, 5.74) is 1.63.